The Bertz CT molecular complexity index is 648. The van der Waals surface area contributed by atoms with Gasteiger partial charge in [-0.25, -0.2) is 17.5 Å². The van der Waals surface area contributed by atoms with Crippen molar-refractivity contribution in [1.29, 1.82) is 0 Å². The highest BCUT2D eigenvalue weighted by molar-refractivity contribution is 7.88. The van der Waals surface area contributed by atoms with Gasteiger partial charge in [0.1, 0.15) is 5.54 Å². The van der Waals surface area contributed by atoms with Gasteiger partial charge in [0.05, 0.1) is 0 Å². The first-order valence-corrected chi connectivity index (χ1v) is 7.57. The van der Waals surface area contributed by atoms with Crippen molar-refractivity contribution in [2.45, 2.75) is 30.9 Å². The second-order valence-electron chi connectivity index (χ2n) is 4.85. The molecule has 0 aromatic carbocycles. The van der Waals surface area contributed by atoms with Crippen molar-refractivity contribution in [3.05, 3.63) is 17.9 Å². The van der Waals surface area contributed by atoms with Crippen LogP contribution in [0.25, 0.3) is 0 Å². The Morgan fingerprint density at radius 2 is 1.95 bits per heavy atom. The first-order valence-electron chi connectivity index (χ1n) is 6.13. The first-order chi connectivity index (χ1) is 9.54. The van der Waals surface area contributed by atoms with E-state index in [-0.39, 0.29) is 17.3 Å². The quantitative estimate of drug-likeness (QED) is 0.789. The first kappa shape index (κ1) is 17.2. The molecule has 0 aliphatic rings. The van der Waals surface area contributed by atoms with E-state index in [2.05, 4.69) is 5.32 Å². The standard InChI is InChI=1S/C12H18N2O6S/c1-5-12(2,11(16)17)13-10(15)8-6-7-9(20-8)21(18,19)14(3)4/h6-7H,5H2,1-4H3,(H,13,15)(H,16,17). The van der Waals surface area contributed by atoms with Crippen LogP contribution in [0.4, 0.5) is 0 Å². The second-order valence-corrected chi connectivity index (χ2v) is 6.93. The van der Waals surface area contributed by atoms with E-state index in [4.69, 9.17) is 9.52 Å². The molecule has 0 spiro atoms. The number of amides is 1. The molecule has 1 amide bonds. The third-order valence-electron chi connectivity index (χ3n) is 3.11. The summed E-state index contributed by atoms with van der Waals surface area (Å²) in [5.74, 6) is -2.25. The highest BCUT2D eigenvalue weighted by Gasteiger charge is 2.34. The molecule has 9 heteroatoms. The van der Waals surface area contributed by atoms with Gasteiger partial charge in [-0.3, -0.25) is 4.79 Å². The third kappa shape index (κ3) is 3.42. The Labute approximate surface area is 122 Å². The van der Waals surface area contributed by atoms with E-state index in [1.807, 2.05) is 0 Å². The molecule has 1 rings (SSSR count). The number of hydrogen-bond acceptors (Lipinski definition) is 5. The number of carboxylic acids is 1. The molecule has 0 aliphatic heterocycles. The van der Waals surface area contributed by atoms with E-state index in [9.17, 15) is 18.0 Å². The van der Waals surface area contributed by atoms with Crippen LogP contribution in [0, 0.1) is 0 Å². The van der Waals surface area contributed by atoms with E-state index in [1.165, 1.54) is 27.1 Å². The molecule has 8 nitrogen and oxygen atoms in total. The highest BCUT2D eigenvalue weighted by atomic mass is 32.2. The van der Waals surface area contributed by atoms with Crippen molar-refractivity contribution >= 4 is 21.9 Å². The SMILES string of the molecule is CCC(C)(NC(=O)c1ccc(S(=O)(=O)N(C)C)o1)C(=O)O. The van der Waals surface area contributed by atoms with Crippen LogP contribution in [-0.2, 0) is 14.8 Å². The molecule has 0 fully saturated rings. The number of nitrogens with one attached hydrogen (secondary N) is 1. The molecule has 1 heterocycles. The van der Waals surface area contributed by atoms with Crippen LogP contribution in [0.5, 0.6) is 0 Å². The van der Waals surface area contributed by atoms with Crippen LogP contribution >= 0.6 is 0 Å². The maximum Gasteiger partial charge on any atom is 0.329 e. The number of rotatable bonds is 6. The number of furan rings is 1. The largest absolute Gasteiger partial charge is 0.480 e. The molecule has 1 unspecified atom stereocenters. The van der Waals surface area contributed by atoms with Gasteiger partial charge < -0.3 is 14.8 Å². The summed E-state index contributed by atoms with van der Waals surface area (Å²) in [6.45, 7) is 2.96. The van der Waals surface area contributed by atoms with E-state index in [0.717, 1.165) is 10.4 Å². The zero-order chi connectivity index (χ0) is 16.4. The fourth-order valence-electron chi connectivity index (χ4n) is 1.37. The third-order valence-corrected chi connectivity index (χ3v) is 4.80. The van der Waals surface area contributed by atoms with Crippen LogP contribution in [0.15, 0.2) is 21.6 Å². The summed E-state index contributed by atoms with van der Waals surface area (Å²) in [6, 6.07) is 2.33. The minimum absolute atomic E-state index is 0.164. The lowest BCUT2D eigenvalue weighted by Crippen LogP contribution is -2.51. The van der Waals surface area contributed by atoms with Gasteiger partial charge in [0.2, 0.25) is 5.09 Å². The molecule has 2 N–H and O–H groups in total. The maximum atomic E-state index is 12.0. The molecule has 0 aliphatic carbocycles. The van der Waals surface area contributed by atoms with E-state index < -0.39 is 27.4 Å². The fraction of sp³-hybridized carbons (Fsp3) is 0.500. The summed E-state index contributed by atoms with van der Waals surface area (Å²) >= 11 is 0. The van der Waals surface area contributed by atoms with Crippen LogP contribution in [0.3, 0.4) is 0 Å². The molecule has 0 bridgehead atoms. The molecule has 1 atom stereocenters. The normalized spacial score (nSPS) is 14.7. The predicted molar refractivity (Wildman–Crippen MR) is 73.4 cm³/mol. The van der Waals surface area contributed by atoms with Crippen LogP contribution in [-0.4, -0.2) is 49.3 Å². The van der Waals surface area contributed by atoms with Gasteiger partial charge in [0.25, 0.3) is 15.9 Å². The highest BCUT2D eigenvalue weighted by Crippen LogP contribution is 2.18. The molecule has 21 heavy (non-hydrogen) atoms. The maximum absolute atomic E-state index is 12.0. The Balaban J connectivity index is 3.02. The van der Waals surface area contributed by atoms with Gasteiger partial charge in [0.15, 0.2) is 5.76 Å². The number of hydrogen-bond donors (Lipinski definition) is 2. The monoisotopic (exact) mass is 318 g/mol. The van der Waals surface area contributed by atoms with Crippen molar-refractivity contribution in [2.75, 3.05) is 14.1 Å². The number of aliphatic carboxylic acids is 1. The number of nitrogens with zero attached hydrogens (tertiary/aromatic N) is 1. The van der Waals surface area contributed by atoms with Crippen molar-refractivity contribution in [3.8, 4) is 0 Å². The summed E-state index contributed by atoms with van der Waals surface area (Å²) in [5, 5.41) is 11.0. The summed E-state index contributed by atoms with van der Waals surface area (Å²) in [5.41, 5.74) is -1.45. The zero-order valence-electron chi connectivity index (χ0n) is 12.2. The van der Waals surface area contributed by atoms with Gasteiger partial charge in [-0.1, -0.05) is 6.92 Å². The van der Waals surface area contributed by atoms with Gasteiger partial charge >= 0.3 is 5.97 Å². The minimum Gasteiger partial charge on any atom is -0.480 e. The van der Waals surface area contributed by atoms with Gasteiger partial charge in [-0.15, -0.1) is 0 Å². The molecular formula is C12H18N2O6S. The van der Waals surface area contributed by atoms with Gasteiger partial charge in [-0.2, -0.15) is 0 Å². The number of sulfonamides is 1. The lowest BCUT2D eigenvalue weighted by atomic mass is 9.99. The van der Waals surface area contributed by atoms with Crippen molar-refractivity contribution in [2.24, 2.45) is 0 Å². The summed E-state index contributed by atoms with van der Waals surface area (Å²) in [7, 11) is -1.13. The predicted octanol–water partition coefficient (Wildman–Crippen LogP) is 0.513. The average Bonchev–Trinajstić information content (AvgIpc) is 2.88. The zero-order valence-corrected chi connectivity index (χ0v) is 13.0. The van der Waals surface area contributed by atoms with E-state index in [0.29, 0.717) is 0 Å². The summed E-state index contributed by atoms with van der Waals surface area (Å²) in [6.07, 6.45) is 0.164. The molecule has 0 saturated carbocycles. The smallest absolute Gasteiger partial charge is 0.329 e. The summed E-state index contributed by atoms with van der Waals surface area (Å²) in [4.78, 5) is 23.1. The van der Waals surface area contributed by atoms with Crippen molar-refractivity contribution in [1.82, 2.24) is 9.62 Å². The Kier molecular flexibility index (Phi) is 4.79. The molecule has 118 valence electrons. The van der Waals surface area contributed by atoms with E-state index >= 15 is 0 Å². The van der Waals surface area contributed by atoms with Crippen LogP contribution in [0.2, 0.25) is 0 Å². The average molecular weight is 318 g/mol. The molecule has 1 aromatic heterocycles. The molecule has 0 saturated heterocycles. The van der Waals surface area contributed by atoms with E-state index in [1.54, 1.807) is 6.92 Å². The Morgan fingerprint density at radius 1 is 1.38 bits per heavy atom. The van der Waals surface area contributed by atoms with Gasteiger partial charge in [0, 0.05) is 14.1 Å². The Morgan fingerprint density at radius 3 is 2.38 bits per heavy atom. The molecule has 1 aromatic rings. The minimum atomic E-state index is -3.78. The number of carboxylic acid groups (broad SMARTS) is 1. The van der Waals surface area contributed by atoms with Gasteiger partial charge in [-0.05, 0) is 25.5 Å². The van der Waals surface area contributed by atoms with Crippen molar-refractivity contribution in [3.63, 3.8) is 0 Å². The number of carbonyl (C=O) groups excluding carboxylic acids is 1. The second kappa shape index (κ2) is 5.86. The Hall–Kier alpha value is -1.87. The topological polar surface area (TPSA) is 117 Å². The number of carbonyl (C=O) groups is 2. The van der Waals surface area contributed by atoms with Crippen molar-refractivity contribution < 1.29 is 27.5 Å². The van der Waals surface area contributed by atoms with Crippen LogP contribution < -0.4 is 5.32 Å². The van der Waals surface area contributed by atoms with Crippen LogP contribution in [0.1, 0.15) is 30.8 Å². The molecular weight excluding hydrogens is 300 g/mol. The lowest BCUT2D eigenvalue weighted by molar-refractivity contribution is -0.143. The fourth-order valence-corrected chi connectivity index (χ4v) is 2.16. The molecule has 0 radical (unpaired) electrons. The summed E-state index contributed by atoms with van der Waals surface area (Å²) < 4.78 is 29.6. The lowest BCUT2D eigenvalue weighted by Gasteiger charge is -2.23.